The number of nitrogen functional groups attached to an aromatic ring is 1. The monoisotopic (exact) mass is 458 g/mol. The minimum Gasteiger partial charge on any atom is -0.382 e. The van der Waals surface area contributed by atoms with Gasteiger partial charge < -0.3 is 30.8 Å². The van der Waals surface area contributed by atoms with Crippen molar-refractivity contribution in [1.29, 1.82) is 0 Å². The van der Waals surface area contributed by atoms with Gasteiger partial charge >= 0.3 is 0 Å². The van der Waals surface area contributed by atoms with Crippen LogP contribution in [0.25, 0.3) is 21.9 Å². The summed E-state index contributed by atoms with van der Waals surface area (Å²) in [6.07, 6.45) is 0. The van der Waals surface area contributed by atoms with Gasteiger partial charge in [0.25, 0.3) is 0 Å². The standard InChI is InChI=1S/C22H32N6O3.C2H6/c1-5-30-12-17-27-18-19(15-8-6-7-9-16(15)26-20(18)24)28(17)13-22(3,4)31-11-10-25-21(29)14(2)23;1-2/h6-9,14H,5,10-13,23H2,1-4H3,(H2,24,26)(H,25,29);1-2H3. The van der Waals surface area contributed by atoms with E-state index in [-0.39, 0.29) is 5.91 Å². The maximum atomic E-state index is 11.6. The van der Waals surface area contributed by atoms with Gasteiger partial charge in [0, 0.05) is 18.5 Å². The van der Waals surface area contributed by atoms with Gasteiger partial charge in [-0.3, -0.25) is 4.79 Å². The molecule has 3 aromatic rings. The lowest BCUT2D eigenvalue weighted by Gasteiger charge is -2.27. The molecule has 0 fully saturated rings. The fourth-order valence-electron chi connectivity index (χ4n) is 3.47. The molecule has 9 heteroatoms. The molecule has 33 heavy (non-hydrogen) atoms. The molecule has 0 spiro atoms. The summed E-state index contributed by atoms with van der Waals surface area (Å²) in [6.45, 7) is 13.8. The van der Waals surface area contributed by atoms with Crippen LogP contribution >= 0.6 is 0 Å². The first-order valence-electron chi connectivity index (χ1n) is 11.5. The van der Waals surface area contributed by atoms with E-state index >= 15 is 0 Å². The molecular weight excluding hydrogens is 420 g/mol. The third kappa shape index (κ3) is 6.63. The van der Waals surface area contributed by atoms with Crippen molar-refractivity contribution >= 4 is 33.7 Å². The van der Waals surface area contributed by atoms with Gasteiger partial charge in [0.15, 0.2) is 5.82 Å². The van der Waals surface area contributed by atoms with Crippen LogP contribution in [0.15, 0.2) is 24.3 Å². The fraction of sp³-hybridized carbons (Fsp3) is 0.542. The summed E-state index contributed by atoms with van der Waals surface area (Å²) in [5, 5.41) is 3.74. The number of para-hydroxylation sites is 1. The van der Waals surface area contributed by atoms with Crippen molar-refractivity contribution in [3.8, 4) is 0 Å². The van der Waals surface area contributed by atoms with Crippen molar-refractivity contribution < 1.29 is 14.3 Å². The van der Waals surface area contributed by atoms with E-state index < -0.39 is 11.6 Å². The van der Waals surface area contributed by atoms with Crippen LogP contribution in [0.5, 0.6) is 0 Å². The van der Waals surface area contributed by atoms with Gasteiger partial charge in [-0.05, 0) is 33.8 Å². The Hall–Kier alpha value is -2.75. The van der Waals surface area contributed by atoms with E-state index in [1.54, 1.807) is 6.92 Å². The number of aromatic nitrogens is 3. The van der Waals surface area contributed by atoms with E-state index in [4.69, 9.17) is 25.9 Å². The molecule has 0 bridgehead atoms. The maximum absolute atomic E-state index is 11.6. The van der Waals surface area contributed by atoms with Crippen LogP contribution < -0.4 is 16.8 Å². The predicted octanol–water partition coefficient (Wildman–Crippen LogP) is 2.99. The number of rotatable bonds is 10. The van der Waals surface area contributed by atoms with Gasteiger partial charge in [-0.2, -0.15) is 0 Å². The van der Waals surface area contributed by atoms with Crippen molar-refractivity contribution in [2.24, 2.45) is 5.73 Å². The van der Waals surface area contributed by atoms with Crippen molar-refractivity contribution in [2.45, 2.75) is 66.3 Å². The lowest BCUT2D eigenvalue weighted by molar-refractivity contribution is -0.122. The molecule has 0 aliphatic carbocycles. The predicted molar refractivity (Wildman–Crippen MR) is 133 cm³/mol. The second kappa shape index (κ2) is 11.9. The van der Waals surface area contributed by atoms with Crippen LogP contribution in [-0.2, 0) is 27.4 Å². The highest BCUT2D eigenvalue weighted by molar-refractivity contribution is 6.06. The molecular formula is C24H38N6O3. The zero-order chi connectivity index (χ0) is 24.6. The molecule has 0 aliphatic rings. The molecule has 1 unspecified atom stereocenters. The molecule has 182 valence electrons. The first kappa shape index (κ1) is 26.5. The molecule has 2 aromatic heterocycles. The first-order chi connectivity index (χ1) is 15.7. The van der Waals surface area contributed by atoms with Crippen LogP contribution in [0.2, 0.25) is 0 Å². The fourth-order valence-corrected chi connectivity index (χ4v) is 3.47. The summed E-state index contributed by atoms with van der Waals surface area (Å²) in [6, 6.07) is 7.32. The number of nitrogens with one attached hydrogen (secondary N) is 1. The van der Waals surface area contributed by atoms with Crippen LogP contribution in [0, 0.1) is 0 Å². The zero-order valence-electron chi connectivity index (χ0n) is 20.6. The zero-order valence-corrected chi connectivity index (χ0v) is 20.6. The number of hydrogen-bond acceptors (Lipinski definition) is 7. The molecule has 1 atom stereocenters. The van der Waals surface area contributed by atoms with E-state index in [1.165, 1.54) is 0 Å². The van der Waals surface area contributed by atoms with Gasteiger partial charge in [-0.15, -0.1) is 0 Å². The molecule has 3 rings (SSSR count). The van der Waals surface area contributed by atoms with Gasteiger partial charge in [-0.25, -0.2) is 9.97 Å². The Kier molecular flexibility index (Phi) is 9.57. The number of nitrogens with two attached hydrogens (primary N) is 2. The molecule has 1 amide bonds. The van der Waals surface area contributed by atoms with Crippen LogP contribution in [-0.4, -0.2) is 51.8 Å². The topological polar surface area (TPSA) is 130 Å². The van der Waals surface area contributed by atoms with Gasteiger partial charge in [0.1, 0.15) is 17.9 Å². The summed E-state index contributed by atoms with van der Waals surface area (Å²) >= 11 is 0. The van der Waals surface area contributed by atoms with Crippen LogP contribution in [0.4, 0.5) is 5.82 Å². The number of fused-ring (bicyclic) bond motifs is 3. The number of pyridine rings is 1. The van der Waals surface area contributed by atoms with Gasteiger partial charge in [-0.1, -0.05) is 32.0 Å². The summed E-state index contributed by atoms with van der Waals surface area (Å²) in [4.78, 5) is 20.9. The van der Waals surface area contributed by atoms with Gasteiger partial charge in [0.05, 0.1) is 35.8 Å². The van der Waals surface area contributed by atoms with Crippen molar-refractivity contribution in [3.05, 3.63) is 30.1 Å². The normalized spacial score (nSPS) is 12.5. The molecule has 0 radical (unpaired) electrons. The molecule has 2 heterocycles. The molecule has 0 saturated heterocycles. The lowest BCUT2D eigenvalue weighted by Crippen LogP contribution is -2.41. The van der Waals surface area contributed by atoms with E-state index in [0.29, 0.717) is 44.2 Å². The minimum absolute atomic E-state index is 0.199. The molecule has 0 aliphatic heterocycles. The number of carbonyl (C=O) groups excluding carboxylic acids is 1. The molecule has 1 aromatic carbocycles. The summed E-state index contributed by atoms with van der Waals surface area (Å²) in [7, 11) is 0. The number of amides is 1. The quantitative estimate of drug-likeness (QED) is 0.398. The van der Waals surface area contributed by atoms with Crippen LogP contribution in [0.1, 0.15) is 47.4 Å². The summed E-state index contributed by atoms with van der Waals surface area (Å²) < 4.78 is 13.9. The number of hydrogen-bond donors (Lipinski definition) is 3. The third-order valence-electron chi connectivity index (χ3n) is 4.97. The largest absolute Gasteiger partial charge is 0.382 e. The Bertz CT molecular complexity index is 1060. The Morgan fingerprint density at radius 3 is 2.61 bits per heavy atom. The highest BCUT2D eigenvalue weighted by Crippen LogP contribution is 2.30. The van der Waals surface area contributed by atoms with Gasteiger partial charge in [0.2, 0.25) is 5.91 Å². The molecule has 0 saturated carbocycles. The Morgan fingerprint density at radius 2 is 1.94 bits per heavy atom. The SMILES string of the molecule is CC.CCOCc1nc2c(N)nc3ccccc3c2n1CC(C)(C)OCCNC(=O)C(C)N. The number of nitrogens with zero attached hydrogens (tertiary/aromatic N) is 3. The Balaban J connectivity index is 0.00000187. The average molecular weight is 459 g/mol. The highest BCUT2D eigenvalue weighted by atomic mass is 16.5. The summed E-state index contributed by atoms with van der Waals surface area (Å²) in [5.74, 6) is 0.960. The Labute approximate surface area is 195 Å². The molecule has 9 nitrogen and oxygen atoms in total. The Morgan fingerprint density at radius 1 is 1.24 bits per heavy atom. The van der Waals surface area contributed by atoms with E-state index in [2.05, 4.69) is 14.9 Å². The smallest absolute Gasteiger partial charge is 0.236 e. The average Bonchev–Trinajstić information content (AvgIpc) is 3.14. The summed E-state index contributed by atoms with van der Waals surface area (Å²) in [5.41, 5.74) is 13.7. The highest BCUT2D eigenvalue weighted by Gasteiger charge is 2.25. The van der Waals surface area contributed by atoms with Crippen molar-refractivity contribution in [3.63, 3.8) is 0 Å². The number of imidazole rings is 1. The van der Waals surface area contributed by atoms with E-state index in [0.717, 1.165) is 22.2 Å². The molecule has 5 N–H and O–H groups in total. The van der Waals surface area contributed by atoms with E-state index in [9.17, 15) is 4.79 Å². The third-order valence-corrected chi connectivity index (χ3v) is 4.97. The minimum atomic E-state index is -0.543. The number of ether oxygens (including phenoxy) is 2. The first-order valence-corrected chi connectivity index (χ1v) is 11.5. The van der Waals surface area contributed by atoms with Crippen molar-refractivity contribution in [2.75, 3.05) is 25.5 Å². The van der Waals surface area contributed by atoms with Crippen LogP contribution in [0.3, 0.4) is 0 Å². The number of benzene rings is 1. The second-order valence-corrected chi connectivity index (χ2v) is 8.15. The van der Waals surface area contributed by atoms with E-state index in [1.807, 2.05) is 58.9 Å². The number of carbonyl (C=O) groups is 1. The second-order valence-electron chi connectivity index (χ2n) is 8.15. The maximum Gasteiger partial charge on any atom is 0.236 e. The van der Waals surface area contributed by atoms with Crippen molar-refractivity contribution in [1.82, 2.24) is 19.9 Å². The number of anilines is 1. The lowest BCUT2D eigenvalue weighted by atomic mass is 10.1.